The third kappa shape index (κ3) is 4.68. The Labute approximate surface area is 120 Å². The first-order valence-electron chi connectivity index (χ1n) is 7.05. The minimum atomic E-state index is 0.657. The minimum absolute atomic E-state index is 0.657. The van der Waals surface area contributed by atoms with Crippen molar-refractivity contribution in [1.82, 2.24) is 5.32 Å². The van der Waals surface area contributed by atoms with Crippen molar-refractivity contribution in [2.45, 2.75) is 6.42 Å². The van der Waals surface area contributed by atoms with E-state index in [1.807, 2.05) is 18.2 Å². The Bertz CT molecular complexity index is 499. The van der Waals surface area contributed by atoms with Gasteiger partial charge in [0.25, 0.3) is 0 Å². The van der Waals surface area contributed by atoms with Gasteiger partial charge in [0, 0.05) is 26.1 Å². The second-order valence-electron chi connectivity index (χ2n) is 4.66. The predicted octanol–water partition coefficient (Wildman–Crippen LogP) is 2.20. The summed E-state index contributed by atoms with van der Waals surface area (Å²) in [6, 6.07) is 18.7. The summed E-state index contributed by atoms with van der Waals surface area (Å²) in [7, 11) is 0. The van der Waals surface area contributed by atoms with Crippen LogP contribution >= 0.6 is 0 Å². The van der Waals surface area contributed by atoms with Crippen LogP contribution in [0.3, 0.4) is 0 Å². The van der Waals surface area contributed by atoms with E-state index >= 15 is 0 Å². The van der Waals surface area contributed by atoms with Gasteiger partial charge in [-0.2, -0.15) is 0 Å². The molecule has 0 atom stereocenters. The van der Waals surface area contributed by atoms with E-state index in [1.165, 1.54) is 11.1 Å². The van der Waals surface area contributed by atoms with Gasteiger partial charge in [0.05, 0.1) is 0 Å². The maximum atomic E-state index is 5.85. The van der Waals surface area contributed by atoms with Crippen LogP contribution in [0.15, 0.2) is 54.6 Å². The number of para-hydroxylation sites is 1. The molecule has 20 heavy (non-hydrogen) atoms. The number of benzene rings is 2. The molecule has 0 bridgehead atoms. The molecule has 0 saturated carbocycles. The molecule has 0 aromatic heterocycles. The second kappa shape index (κ2) is 8.35. The summed E-state index contributed by atoms with van der Waals surface area (Å²) >= 11 is 0. The summed E-state index contributed by atoms with van der Waals surface area (Å²) in [5.41, 5.74) is 7.94. The first kappa shape index (κ1) is 14.6. The number of hydrogen-bond acceptors (Lipinski definition) is 3. The lowest BCUT2D eigenvalue weighted by molar-refractivity contribution is 0.312. The average molecular weight is 270 g/mol. The lowest BCUT2D eigenvalue weighted by atomic mass is 10.0. The van der Waals surface area contributed by atoms with Crippen LogP contribution in [0.2, 0.25) is 0 Å². The van der Waals surface area contributed by atoms with Crippen molar-refractivity contribution < 1.29 is 4.74 Å². The van der Waals surface area contributed by atoms with Crippen LogP contribution in [0.1, 0.15) is 11.1 Å². The molecule has 3 heteroatoms. The number of nitrogens with one attached hydrogen (secondary N) is 1. The van der Waals surface area contributed by atoms with E-state index in [4.69, 9.17) is 10.5 Å². The highest BCUT2D eigenvalue weighted by Gasteiger charge is 2.03. The molecule has 3 N–H and O–H groups in total. The van der Waals surface area contributed by atoms with Gasteiger partial charge in [-0.05, 0) is 17.2 Å². The molecule has 0 radical (unpaired) electrons. The van der Waals surface area contributed by atoms with Gasteiger partial charge in [0.15, 0.2) is 0 Å². The molecule has 0 aliphatic rings. The van der Waals surface area contributed by atoms with Crippen LogP contribution < -0.4 is 15.8 Å². The Morgan fingerprint density at radius 2 is 1.65 bits per heavy atom. The van der Waals surface area contributed by atoms with E-state index < -0.39 is 0 Å². The van der Waals surface area contributed by atoms with Crippen LogP contribution in [0.5, 0.6) is 5.75 Å². The molecule has 0 amide bonds. The van der Waals surface area contributed by atoms with Crippen LogP contribution in [0.25, 0.3) is 0 Å². The van der Waals surface area contributed by atoms with Crippen molar-refractivity contribution in [3.8, 4) is 5.75 Å². The Morgan fingerprint density at radius 3 is 2.45 bits per heavy atom. The molecule has 0 fully saturated rings. The van der Waals surface area contributed by atoms with Crippen LogP contribution in [-0.4, -0.2) is 26.2 Å². The molecule has 0 spiro atoms. The summed E-state index contributed by atoms with van der Waals surface area (Å²) in [6.07, 6.45) is 0.896. The maximum absolute atomic E-state index is 5.85. The van der Waals surface area contributed by atoms with Gasteiger partial charge in [-0.15, -0.1) is 0 Å². The Hall–Kier alpha value is -1.84. The van der Waals surface area contributed by atoms with Gasteiger partial charge in [0.2, 0.25) is 0 Å². The van der Waals surface area contributed by atoms with Crippen molar-refractivity contribution in [2.24, 2.45) is 5.73 Å². The summed E-state index contributed by atoms with van der Waals surface area (Å²) in [5.74, 6) is 0.964. The van der Waals surface area contributed by atoms with Gasteiger partial charge in [-0.1, -0.05) is 48.5 Å². The number of ether oxygens (including phenoxy) is 1. The van der Waals surface area contributed by atoms with Gasteiger partial charge < -0.3 is 15.8 Å². The third-order valence-corrected chi connectivity index (χ3v) is 3.07. The van der Waals surface area contributed by atoms with E-state index in [2.05, 4.69) is 41.7 Å². The average Bonchev–Trinajstić information content (AvgIpc) is 2.50. The van der Waals surface area contributed by atoms with Crippen molar-refractivity contribution >= 4 is 0 Å². The van der Waals surface area contributed by atoms with Crippen molar-refractivity contribution in [3.63, 3.8) is 0 Å². The number of hydrogen-bond donors (Lipinski definition) is 2. The number of rotatable bonds is 8. The van der Waals surface area contributed by atoms with Crippen molar-refractivity contribution in [2.75, 3.05) is 26.2 Å². The minimum Gasteiger partial charge on any atom is -0.492 e. The SMILES string of the molecule is NCCNCCOc1ccccc1Cc1ccccc1. The fraction of sp³-hybridized carbons (Fsp3) is 0.294. The second-order valence-corrected chi connectivity index (χ2v) is 4.66. The fourth-order valence-electron chi connectivity index (χ4n) is 2.07. The molecule has 0 aliphatic carbocycles. The highest BCUT2D eigenvalue weighted by molar-refractivity contribution is 5.37. The highest BCUT2D eigenvalue weighted by atomic mass is 16.5. The van der Waals surface area contributed by atoms with E-state index in [9.17, 15) is 0 Å². The summed E-state index contributed by atoms with van der Waals surface area (Å²) in [6.45, 7) is 2.96. The fourth-order valence-corrected chi connectivity index (χ4v) is 2.07. The molecule has 2 aromatic carbocycles. The molecule has 106 valence electrons. The van der Waals surface area contributed by atoms with Crippen LogP contribution in [0, 0.1) is 0 Å². The summed E-state index contributed by atoms with van der Waals surface area (Å²) in [4.78, 5) is 0. The largest absolute Gasteiger partial charge is 0.492 e. The Morgan fingerprint density at radius 1 is 0.900 bits per heavy atom. The molecule has 0 saturated heterocycles. The zero-order chi connectivity index (χ0) is 14.0. The number of nitrogens with two attached hydrogens (primary N) is 1. The van der Waals surface area contributed by atoms with E-state index in [0.29, 0.717) is 13.2 Å². The van der Waals surface area contributed by atoms with Crippen LogP contribution in [-0.2, 0) is 6.42 Å². The Balaban J connectivity index is 1.92. The topological polar surface area (TPSA) is 47.3 Å². The maximum Gasteiger partial charge on any atom is 0.122 e. The van der Waals surface area contributed by atoms with Crippen molar-refractivity contribution in [1.29, 1.82) is 0 Å². The standard InChI is InChI=1S/C17H22N2O/c18-10-11-19-12-13-20-17-9-5-4-8-16(17)14-15-6-2-1-3-7-15/h1-9,19H,10-14,18H2. The summed E-state index contributed by atoms with van der Waals surface area (Å²) in [5, 5.41) is 3.22. The molecule has 2 rings (SSSR count). The first-order chi connectivity index (χ1) is 9.90. The zero-order valence-corrected chi connectivity index (χ0v) is 11.7. The molecular weight excluding hydrogens is 248 g/mol. The van der Waals surface area contributed by atoms with Gasteiger partial charge in [-0.3, -0.25) is 0 Å². The quantitative estimate of drug-likeness (QED) is 0.723. The Kier molecular flexibility index (Phi) is 6.08. The molecule has 0 aliphatic heterocycles. The van der Waals surface area contributed by atoms with Gasteiger partial charge in [0.1, 0.15) is 12.4 Å². The van der Waals surface area contributed by atoms with Crippen LogP contribution in [0.4, 0.5) is 0 Å². The van der Waals surface area contributed by atoms with E-state index in [1.54, 1.807) is 0 Å². The third-order valence-electron chi connectivity index (χ3n) is 3.07. The van der Waals surface area contributed by atoms with E-state index in [0.717, 1.165) is 25.3 Å². The monoisotopic (exact) mass is 270 g/mol. The van der Waals surface area contributed by atoms with Gasteiger partial charge >= 0.3 is 0 Å². The molecule has 3 nitrogen and oxygen atoms in total. The molecule has 0 unspecified atom stereocenters. The predicted molar refractivity (Wildman–Crippen MR) is 83.1 cm³/mol. The molecule has 2 aromatic rings. The van der Waals surface area contributed by atoms with Gasteiger partial charge in [-0.25, -0.2) is 0 Å². The molecular formula is C17H22N2O. The normalized spacial score (nSPS) is 10.4. The highest BCUT2D eigenvalue weighted by Crippen LogP contribution is 2.21. The van der Waals surface area contributed by atoms with Crippen molar-refractivity contribution in [3.05, 3.63) is 65.7 Å². The molecule has 0 heterocycles. The summed E-state index contributed by atoms with van der Waals surface area (Å²) < 4.78 is 5.85. The lowest BCUT2D eigenvalue weighted by Crippen LogP contribution is -2.26. The lowest BCUT2D eigenvalue weighted by Gasteiger charge is -2.12. The smallest absolute Gasteiger partial charge is 0.122 e. The van der Waals surface area contributed by atoms with E-state index in [-0.39, 0.29) is 0 Å². The first-order valence-corrected chi connectivity index (χ1v) is 7.05. The zero-order valence-electron chi connectivity index (χ0n) is 11.7.